The van der Waals surface area contributed by atoms with Crippen LogP contribution in [0.4, 0.5) is 5.69 Å². The highest BCUT2D eigenvalue weighted by atomic mass is 14.9. The lowest BCUT2D eigenvalue weighted by Crippen LogP contribution is -2.03. The molecule has 2 nitrogen and oxygen atoms in total. The summed E-state index contributed by atoms with van der Waals surface area (Å²) in [5, 5.41) is 14.8. The zero-order valence-electron chi connectivity index (χ0n) is 9.61. The summed E-state index contributed by atoms with van der Waals surface area (Å²) < 4.78 is 0. The molecule has 0 bridgehead atoms. The molecule has 2 aromatic rings. The van der Waals surface area contributed by atoms with Gasteiger partial charge in [0.05, 0.1) is 11.6 Å². The number of nitrogens with zero attached hydrogens (tertiary/aromatic N) is 1. The van der Waals surface area contributed by atoms with Crippen LogP contribution in [0, 0.1) is 17.2 Å². The van der Waals surface area contributed by atoms with Crippen LogP contribution in [-0.2, 0) is 0 Å². The number of hydrogen-bond donors (Lipinski definition) is 1. The zero-order valence-corrected chi connectivity index (χ0v) is 9.61. The normalized spacial score (nSPS) is 14.5. The van der Waals surface area contributed by atoms with Gasteiger partial charge in [0.15, 0.2) is 0 Å². The molecule has 0 heterocycles. The predicted octanol–water partition coefficient (Wildman–Crippen LogP) is 3.53. The van der Waals surface area contributed by atoms with E-state index in [-0.39, 0.29) is 0 Å². The van der Waals surface area contributed by atoms with Gasteiger partial charge in [0.25, 0.3) is 0 Å². The molecule has 1 saturated carbocycles. The minimum absolute atomic E-state index is 0.748. The molecule has 1 fully saturated rings. The number of anilines is 1. The lowest BCUT2D eigenvalue weighted by molar-refractivity contribution is 0.890. The predicted molar refractivity (Wildman–Crippen MR) is 69.9 cm³/mol. The first-order chi connectivity index (χ1) is 8.38. The molecule has 1 aliphatic rings. The maximum absolute atomic E-state index is 9.08. The quantitative estimate of drug-likeness (QED) is 0.862. The van der Waals surface area contributed by atoms with Crippen molar-refractivity contribution in [2.24, 2.45) is 5.92 Å². The van der Waals surface area contributed by atoms with E-state index in [4.69, 9.17) is 5.26 Å². The summed E-state index contributed by atoms with van der Waals surface area (Å²) >= 11 is 0. The van der Waals surface area contributed by atoms with Crippen LogP contribution in [0.2, 0.25) is 0 Å². The zero-order chi connectivity index (χ0) is 11.7. The van der Waals surface area contributed by atoms with E-state index in [0.29, 0.717) is 0 Å². The molecule has 1 N–H and O–H groups in total. The summed E-state index contributed by atoms with van der Waals surface area (Å²) in [5.41, 5.74) is 1.89. The molecule has 17 heavy (non-hydrogen) atoms. The molecule has 0 spiro atoms. The number of fused-ring (bicyclic) bond motifs is 1. The van der Waals surface area contributed by atoms with E-state index in [1.165, 1.54) is 12.8 Å². The summed E-state index contributed by atoms with van der Waals surface area (Å²) in [5.74, 6) is 0.851. The van der Waals surface area contributed by atoms with Gasteiger partial charge < -0.3 is 5.32 Å². The first kappa shape index (κ1) is 10.2. The van der Waals surface area contributed by atoms with Gasteiger partial charge in [-0.3, -0.25) is 0 Å². The second-order valence-electron chi connectivity index (χ2n) is 4.64. The van der Waals surface area contributed by atoms with Crippen LogP contribution in [0.5, 0.6) is 0 Å². The minimum atomic E-state index is 0.748. The van der Waals surface area contributed by atoms with E-state index >= 15 is 0 Å². The molecule has 84 valence electrons. The Balaban J connectivity index is 2.03. The number of rotatable bonds is 3. The molecule has 0 amide bonds. The Bertz CT molecular complexity index is 591. The van der Waals surface area contributed by atoms with Crippen molar-refractivity contribution in [1.82, 2.24) is 0 Å². The maximum Gasteiger partial charge on any atom is 0.0998 e. The van der Waals surface area contributed by atoms with E-state index in [1.807, 2.05) is 30.3 Å². The molecule has 0 radical (unpaired) electrons. The Morgan fingerprint density at radius 3 is 2.59 bits per heavy atom. The number of nitrogens with one attached hydrogen (secondary N) is 1. The van der Waals surface area contributed by atoms with Crippen molar-refractivity contribution in [2.45, 2.75) is 12.8 Å². The Hall–Kier alpha value is -2.01. The van der Waals surface area contributed by atoms with Gasteiger partial charge >= 0.3 is 0 Å². The van der Waals surface area contributed by atoms with Crippen molar-refractivity contribution in [3.63, 3.8) is 0 Å². The SMILES string of the molecule is N#Cc1ccc(NCC2CC2)c2ccccc12. The van der Waals surface area contributed by atoms with E-state index < -0.39 is 0 Å². The van der Waals surface area contributed by atoms with Gasteiger partial charge in [-0.05, 0) is 30.9 Å². The fraction of sp³-hybridized carbons (Fsp3) is 0.267. The summed E-state index contributed by atoms with van der Waals surface area (Å²) in [6.07, 6.45) is 2.70. The van der Waals surface area contributed by atoms with Crippen LogP contribution >= 0.6 is 0 Å². The second kappa shape index (κ2) is 4.10. The lowest BCUT2D eigenvalue weighted by Gasteiger charge is -2.10. The van der Waals surface area contributed by atoms with Gasteiger partial charge in [-0.2, -0.15) is 5.26 Å². The van der Waals surface area contributed by atoms with Crippen molar-refractivity contribution in [1.29, 1.82) is 5.26 Å². The van der Waals surface area contributed by atoms with Gasteiger partial charge in [0.2, 0.25) is 0 Å². The molecule has 2 aromatic carbocycles. The van der Waals surface area contributed by atoms with Crippen LogP contribution in [0.3, 0.4) is 0 Å². The Kier molecular flexibility index (Phi) is 2.45. The van der Waals surface area contributed by atoms with Crippen LogP contribution < -0.4 is 5.32 Å². The lowest BCUT2D eigenvalue weighted by atomic mass is 10.0. The summed E-state index contributed by atoms with van der Waals surface area (Å²) in [7, 11) is 0. The highest BCUT2D eigenvalue weighted by molar-refractivity contribution is 5.97. The number of nitriles is 1. The van der Waals surface area contributed by atoms with Crippen molar-refractivity contribution in [3.05, 3.63) is 42.0 Å². The van der Waals surface area contributed by atoms with E-state index in [9.17, 15) is 0 Å². The monoisotopic (exact) mass is 222 g/mol. The highest BCUT2D eigenvalue weighted by Gasteiger charge is 2.20. The number of hydrogen-bond acceptors (Lipinski definition) is 2. The van der Waals surface area contributed by atoms with E-state index in [1.54, 1.807) is 0 Å². The van der Waals surface area contributed by atoms with Crippen molar-refractivity contribution in [3.8, 4) is 6.07 Å². The van der Waals surface area contributed by atoms with Crippen LogP contribution in [0.25, 0.3) is 10.8 Å². The van der Waals surface area contributed by atoms with Crippen LogP contribution in [0.15, 0.2) is 36.4 Å². The topological polar surface area (TPSA) is 35.8 Å². The van der Waals surface area contributed by atoms with Gasteiger partial charge in [0, 0.05) is 23.0 Å². The third-order valence-corrected chi connectivity index (χ3v) is 3.32. The maximum atomic E-state index is 9.08. The molecule has 0 saturated heterocycles. The smallest absolute Gasteiger partial charge is 0.0998 e. The molecule has 2 heteroatoms. The van der Waals surface area contributed by atoms with Crippen LogP contribution in [-0.4, -0.2) is 6.54 Å². The molecule has 1 aliphatic carbocycles. The van der Waals surface area contributed by atoms with Gasteiger partial charge in [-0.1, -0.05) is 24.3 Å². The average Bonchev–Trinajstić information content (AvgIpc) is 3.20. The summed E-state index contributed by atoms with van der Waals surface area (Å²) in [4.78, 5) is 0. The fourth-order valence-electron chi connectivity index (χ4n) is 2.13. The first-order valence-electron chi connectivity index (χ1n) is 6.04. The average molecular weight is 222 g/mol. The molecule has 0 aromatic heterocycles. The molecular formula is C15H14N2. The van der Waals surface area contributed by atoms with Gasteiger partial charge in [0.1, 0.15) is 0 Å². The molecule has 0 aliphatic heterocycles. The third kappa shape index (κ3) is 1.97. The Morgan fingerprint density at radius 2 is 1.88 bits per heavy atom. The highest BCUT2D eigenvalue weighted by Crippen LogP contribution is 2.31. The summed E-state index contributed by atoms with van der Waals surface area (Å²) in [6.45, 7) is 1.05. The fourth-order valence-corrected chi connectivity index (χ4v) is 2.13. The molecule has 3 rings (SSSR count). The van der Waals surface area contributed by atoms with Crippen molar-refractivity contribution in [2.75, 3.05) is 11.9 Å². The Labute approximate surface area is 101 Å². The van der Waals surface area contributed by atoms with E-state index in [0.717, 1.165) is 34.5 Å². The molecule has 0 atom stereocenters. The molecular weight excluding hydrogens is 208 g/mol. The molecule has 0 unspecified atom stereocenters. The standard InChI is InChI=1S/C15H14N2/c16-9-12-7-8-15(17-10-11-5-6-11)14-4-2-1-3-13(12)14/h1-4,7-8,11,17H,5-6,10H2. The van der Waals surface area contributed by atoms with E-state index in [2.05, 4.69) is 17.5 Å². The minimum Gasteiger partial charge on any atom is -0.384 e. The Morgan fingerprint density at radius 1 is 1.12 bits per heavy atom. The summed E-state index contributed by atoms with van der Waals surface area (Å²) in [6, 6.07) is 14.2. The third-order valence-electron chi connectivity index (χ3n) is 3.32. The van der Waals surface area contributed by atoms with Gasteiger partial charge in [-0.25, -0.2) is 0 Å². The first-order valence-corrected chi connectivity index (χ1v) is 6.04. The van der Waals surface area contributed by atoms with Crippen molar-refractivity contribution < 1.29 is 0 Å². The largest absolute Gasteiger partial charge is 0.384 e. The van der Waals surface area contributed by atoms with Gasteiger partial charge in [-0.15, -0.1) is 0 Å². The number of benzene rings is 2. The van der Waals surface area contributed by atoms with Crippen molar-refractivity contribution >= 4 is 16.5 Å². The van der Waals surface area contributed by atoms with Crippen LogP contribution in [0.1, 0.15) is 18.4 Å². The second-order valence-corrected chi connectivity index (χ2v) is 4.64.